The van der Waals surface area contributed by atoms with Gasteiger partial charge in [-0.05, 0) is 46.9 Å². The molecule has 3 N–H and O–H groups in total. The third-order valence-electron chi connectivity index (χ3n) is 2.78. The molecule has 0 bridgehead atoms. The van der Waals surface area contributed by atoms with Crippen molar-refractivity contribution in [3.8, 4) is 0 Å². The first-order chi connectivity index (χ1) is 8.11. The molecule has 5 nitrogen and oxygen atoms in total. The number of hydrogen-bond donors (Lipinski definition) is 2. The molecule has 90 valence electrons. The van der Waals surface area contributed by atoms with Crippen LogP contribution >= 0.6 is 22.6 Å². The lowest BCUT2D eigenvalue weighted by Crippen LogP contribution is -2.37. The average Bonchev–Trinajstić information content (AvgIpc) is 2.71. The van der Waals surface area contributed by atoms with E-state index in [-0.39, 0.29) is 24.2 Å². The van der Waals surface area contributed by atoms with Crippen molar-refractivity contribution in [2.24, 2.45) is 11.8 Å². The van der Waals surface area contributed by atoms with Gasteiger partial charge in [0, 0.05) is 22.2 Å². The summed E-state index contributed by atoms with van der Waals surface area (Å²) in [5.74, 6) is 4.39. The number of nitrogens with zero attached hydrogens (tertiary/aromatic N) is 1. The van der Waals surface area contributed by atoms with Crippen LogP contribution < -0.4 is 16.2 Å². The zero-order valence-electron chi connectivity index (χ0n) is 9.02. The highest BCUT2D eigenvalue weighted by atomic mass is 127. The van der Waals surface area contributed by atoms with Crippen molar-refractivity contribution >= 4 is 40.1 Å². The Labute approximate surface area is 112 Å². The molecule has 1 aromatic carbocycles. The Bertz CT molecular complexity index is 447. The highest BCUT2D eigenvalue weighted by Gasteiger charge is 2.34. The fourth-order valence-corrected chi connectivity index (χ4v) is 2.23. The van der Waals surface area contributed by atoms with E-state index in [1.165, 1.54) is 0 Å². The molecule has 1 fully saturated rings. The third kappa shape index (κ3) is 2.58. The van der Waals surface area contributed by atoms with E-state index in [1.54, 1.807) is 4.90 Å². The Morgan fingerprint density at radius 1 is 1.41 bits per heavy atom. The van der Waals surface area contributed by atoms with Gasteiger partial charge in [0.05, 0.1) is 5.92 Å². The minimum atomic E-state index is -0.355. The van der Waals surface area contributed by atoms with Gasteiger partial charge in [-0.1, -0.05) is 0 Å². The lowest BCUT2D eigenvalue weighted by Gasteiger charge is -2.16. The van der Waals surface area contributed by atoms with Crippen LogP contribution in [-0.2, 0) is 9.59 Å². The Morgan fingerprint density at radius 2 is 2.06 bits per heavy atom. The summed E-state index contributed by atoms with van der Waals surface area (Å²) in [6.45, 7) is 0.391. The van der Waals surface area contributed by atoms with E-state index in [4.69, 9.17) is 5.84 Å². The van der Waals surface area contributed by atoms with Crippen molar-refractivity contribution in [3.05, 3.63) is 27.8 Å². The molecule has 0 spiro atoms. The number of hydrogen-bond acceptors (Lipinski definition) is 3. The number of halogens is 1. The second-order valence-electron chi connectivity index (χ2n) is 3.89. The maximum Gasteiger partial charge on any atom is 0.239 e. The van der Waals surface area contributed by atoms with Crippen molar-refractivity contribution in [3.63, 3.8) is 0 Å². The number of carbonyl (C=O) groups excluding carboxylic acids is 2. The quantitative estimate of drug-likeness (QED) is 0.357. The molecule has 2 rings (SSSR count). The number of nitrogens with two attached hydrogens (primary N) is 1. The second-order valence-corrected chi connectivity index (χ2v) is 5.14. The molecule has 1 atom stereocenters. The van der Waals surface area contributed by atoms with E-state index < -0.39 is 0 Å². The number of carbonyl (C=O) groups is 2. The first kappa shape index (κ1) is 12.3. The molecule has 0 saturated carbocycles. The van der Waals surface area contributed by atoms with Gasteiger partial charge in [0.15, 0.2) is 0 Å². The van der Waals surface area contributed by atoms with Crippen LogP contribution in [0.4, 0.5) is 5.69 Å². The fourth-order valence-electron chi connectivity index (χ4n) is 1.87. The Morgan fingerprint density at radius 3 is 2.65 bits per heavy atom. The van der Waals surface area contributed by atoms with E-state index >= 15 is 0 Å². The number of rotatable bonds is 2. The molecular formula is C11H12IN3O2. The van der Waals surface area contributed by atoms with Crippen LogP contribution in [0.2, 0.25) is 0 Å². The first-order valence-corrected chi connectivity index (χ1v) is 6.26. The standard InChI is InChI=1S/C11H12IN3O2/c12-8-1-3-9(4-2-8)15-6-7(5-10(15)16)11(17)14-13/h1-4,7H,5-6,13H2,(H,14,17). The molecule has 0 aliphatic carbocycles. The average molecular weight is 345 g/mol. The van der Waals surface area contributed by atoms with E-state index in [2.05, 4.69) is 28.0 Å². The van der Waals surface area contributed by atoms with Gasteiger partial charge in [0.25, 0.3) is 0 Å². The van der Waals surface area contributed by atoms with Gasteiger partial charge in [0.1, 0.15) is 0 Å². The topological polar surface area (TPSA) is 75.4 Å². The second kappa shape index (κ2) is 5.01. The van der Waals surface area contributed by atoms with E-state index in [0.29, 0.717) is 6.54 Å². The highest BCUT2D eigenvalue weighted by molar-refractivity contribution is 14.1. The van der Waals surface area contributed by atoms with Crippen LogP contribution in [0.5, 0.6) is 0 Å². The molecule has 1 saturated heterocycles. The summed E-state index contributed by atoms with van der Waals surface area (Å²) < 4.78 is 1.11. The van der Waals surface area contributed by atoms with E-state index in [0.717, 1.165) is 9.26 Å². The number of hydrazine groups is 1. The molecule has 1 aliphatic heterocycles. The van der Waals surface area contributed by atoms with Gasteiger partial charge in [-0.2, -0.15) is 0 Å². The van der Waals surface area contributed by atoms with Crippen LogP contribution in [0.1, 0.15) is 6.42 Å². The SMILES string of the molecule is NNC(=O)C1CC(=O)N(c2ccc(I)cc2)C1. The number of benzene rings is 1. The minimum absolute atomic E-state index is 0.0418. The number of amides is 2. The summed E-state index contributed by atoms with van der Waals surface area (Å²) in [4.78, 5) is 24.8. The summed E-state index contributed by atoms with van der Waals surface area (Å²) >= 11 is 2.20. The van der Waals surface area contributed by atoms with Gasteiger partial charge in [-0.25, -0.2) is 5.84 Å². The van der Waals surface area contributed by atoms with Crippen molar-refractivity contribution < 1.29 is 9.59 Å². The van der Waals surface area contributed by atoms with E-state index in [1.807, 2.05) is 24.3 Å². The lowest BCUT2D eigenvalue weighted by molar-refractivity contribution is -0.126. The molecule has 1 heterocycles. The summed E-state index contributed by atoms with van der Waals surface area (Å²) in [5.41, 5.74) is 2.91. The molecule has 1 unspecified atom stereocenters. The molecule has 0 radical (unpaired) electrons. The lowest BCUT2D eigenvalue weighted by atomic mass is 10.1. The number of nitrogens with one attached hydrogen (secondary N) is 1. The van der Waals surface area contributed by atoms with Gasteiger partial charge in [0.2, 0.25) is 11.8 Å². The largest absolute Gasteiger partial charge is 0.312 e. The van der Waals surface area contributed by atoms with Crippen molar-refractivity contribution in [2.75, 3.05) is 11.4 Å². The molecule has 1 aliphatic rings. The summed E-state index contributed by atoms with van der Waals surface area (Å²) in [7, 11) is 0. The fraction of sp³-hybridized carbons (Fsp3) is 0.273. The van der Waals surface area contributed by atoms with Crippen LogP contribution in [-0.4, -0.2) is 18.4 Å². The van der Waals surface area contributed by atoms with Crippen molar-refractivity contribution in [1.29, 1.82) is 0 Å². The summed E-state index contributed by atoms with van der Waals surface area (Å²) in [6.07, 6.45) is 0.217. The maximum atomic E-state index is 11.8. The van der Waals surface area contributed by atoms with Crippen molar-refractivity contribution in [1.82, 2.24) is 5.43 Å². The third-order valence-corrected chi connectivity index (χ3v) is 3.50. The van der Waals surface area contributed by atoms with E-state index in [9.17, 15) is 9.59 Å². The first-order valence-electron chi connectivity index (χ1n) is 5.18. The zero-order chi connectivity index (χ0) is 12.4. The number of anilines is 1. The van der Waals surface area contributed by atoms with Crippen LogP contribution in [0.15, 0.2) is 24.3 Å². The maximum absolute atomic E-state index is 11.8. The van der Waals surface area contributed by atoms with Crippen LogP contribution in [0.3, 0.4) is 0 Å². The molecule has 6 heteroatoms. The predicted molar refractivity (Wildman–Crippen MR) is 71.9 cm³/mol. The molecular weight excluding hydrogens is 333 g/mol. The smallest absolute Gasteiger partial charge is 0.239 e. The summed E-state index contributed by atoms with van der Waals surface area (Å²) in [6, 6.07) is 7.61. The molecule has 1 aromatic rings. The van der Waals surface area contributed by atoms with Crippen LogP contribution in [0.25, 0.3) is 0 Å². The zero-order valence-corrected chi connectivity index (χ0v) is 11.2. The van der Waals surface area contributed by atoms with Gasteiger partial charge < -0.3 is 4.90 Å². The highest BCUT2D eigenvalue weighted by Crippen LogP contribution is 2.25. The Kier molecular flexibility index (Phi) is 3.63. The Hall–Kier alpha value is -1.15. The van der Waals surface area contributed by atoms with Gasteiger partial charge in [-0.15, -0.1) is 0 Å². The predicted octanol–water partition coefficient (Wildman–Crippen LogP) is 0.634. The minimum Gasteiger partial charge on any atom is -0.312 e. The normalized spacial score (nSPS) is 19.5. The monoisotopic (exact) mass is 345 g/mol. The van der Waals surface area contributed by atoms with Crippen molar-refractivity contribution in [2.45, 2.75) is 6.42 Å². The Balaban J connectivity index is 2.15. The van der Waals surface area contributed by atoms with Gasteiger partial charge in [-0.3, -0.25) is 15.0 Å². The molecule has 2 amide bonds. The molecule has 17 heavy (non-hydrogen) atoms. The molecule has 0 aromatic heterocycles. The summed E-state index contributed by atoms with van der Waals surface area (Å²) in [5, 5.41) is 0. The van der Waals surface area contributed by atoms with Gasteiger partial charge >= 0.3 is 0 Å². The van der Waals surface area contributed by atoms with Crippen LogP contribution in [0, 0.1) is 9.49 Å².